The van der Waals surface area contributed by atoms with E-state index in [1.807, 2.05) is 0 Å². The maximum Gasteiger partial charge on any atom is 0.503 e. The maximum absolute atomic E-state index is 8.56. The lowest BCUT2D eigenvalue weighted by Gasteiger charge is -1.84. The van der Waals surface area contributed by atoms with Gasteiger partial charge in [0.05, 0.1) is 13.2 Å². The molecule has 0 rings (SSSR count). The van der Waals surface area contributed by atoms with Crippen LogP contribution in [0.5, 0.6) is 0 Å². The molecule has 0 heterocycles. The Balaban J connectivity index is -0.000000131. The molecule has 0 spiro atoms. The monoisotopic (exact) mass is 212 g/mol. The van der Waals surface area contributed by atoms with E-state index in [1.54, 1.807) is 14.1 Å². The molecule has 0 aliphatic rings. The SMILES string of the molecule is CNCCO.CNCCO.O=C(O)O. The number of rotatable bonds is 4. The second-order valence-corrected chi connectivity index (χ2v) is 1.94. The molecule has 6 N–H and O–H groups in total. The zero-order valence-corrected chi connectivity index (χ0v) is 8.53. The Labute approximate surface area is 83.4 Å². The van der Waals surface area contributed by atoms with E-state index in [-0.39, 0.29) is 13.2 Å². The van der Waals surface area contributed by atoms with E-state index < -0.39 is 6.16 Å². The van der Waals surface area contributed by atoms with Crippen molar-refractivity contribution in [2.75, 3.05) is 40.4 Å². The molecule has 0 aliphatic carbocycles. The maximum atomic E-state index is 8.56. The lowest BCUT2D eigenvalue weighted by atomic mass is 10.7. The Hall–Kier alpha value is -0.890. The summed E-state index contributed by atoms with van der Waals surface area (Å²) in [6, 6.07) is 0. The fraction of sp³-hybridized carbons (Fsp3) is 0.857. The van der Waals surface area contributed by atoms with E-state index in [2.05, 4.69) is 10.6 Å². The molecule has 0 aromatic rings. The van der Waals surface area contributed by atoms with Crippen molar-refractivity contribution < 1.29 is 25.2 Å². The van der Waals surface area contributed by atoms with Crippen LogP contribution in [0, 0.1) is 0 Å². The van der Waals surface area contributed by atoms with E-state index in [9.17, 15) is 0 Å². The summed E-state index contributed by atoms with van der Waals surface area (Å²) in [7, 11) is 3.60. The second-order valence-electron chi connectivity index (χ2n) is 1.94. The summed E-state index contributed by atoms with van der Waals surface area (Å²) >= 11 is 0. The van der Waals surface area contributed by atoms with E-state index in [1.165, 1.54) is 0 Å². The molecule has 14 heavy (non-hydrogen) atoms. The molecule has 0 radical (unpaired) electrons. The molecule has 0 fully saturated rings. The van der Waals surface area contributed by atoms with E-state index in [0.29, 0.717) is 13.1 Å². The van der Waals surface area contributed by atoms with Gasteiger partial charge >= 0.3 is 6.16 Å². The van der Waals surface area contributed by atoms with Gasteiger partial charge in [-0.25, -0.2) is 4.79 Å². The zero-order chi connectivity index (χ0) is 11.8. The van der Waals surface area contributed by atoms with Gasteiger partial charge in [0.1, 0.15) is 0 Å². The van der Waals surface area contributed by atoms with Crippen LogP contribution in [-0.2, 0) is 0 Å². The third-order valence-electron chi connectivity index (χ3n) is 0.724. The number of likely N-dealkylation sites (N-methyl/N-ethyl adjacent to an activating group) is 2. The number of hydrogen-bond acceptors (Lipinski definition) is 5. The average molecular weight is 212 g/mol. The van der Waals surface area contributed by atoms with Crippen LogP contribution in [0.3, 0.4) is 0 Å². The standard InChI is InChI=1S/2C3H9NO.CH2O3/c2*1-4-2-3-5;2-1(3)4/h2*4-5H,2-3H2,1H3;(H2,2,3,4). The first-order chi connectivity index (χ1) is 6.56. The van der Waals surface area contributed by atoms with Crippen LogP contribution in [0.25, 0.3) is 0 Å². The molecule has 0 aromatic carbocycles. The van der Waals surface area contributed by atoms with Crippen molar-refractivity contribution in [3.05, 3.63) is 0 Å². The van der Waals surface area contributed by atoms with Gasteiger partial charge in [-0.05, 0) is 14.1 Å². The highest BCUT2D eigenvalue weighted by Gasteiger charge is 1.70. The number of carboxylic acid groups (broad SMARTS) is 2. The molecular weight excluding hydrogens is 192 g/mol. The van der Waals surface area contributed by atoms with E-state index in [0.717, 1.165) is 0 Å². The molecule has 0 aliphatic heterocycles. The molecule has 0 amide bonds. The molecule has 0 saturated carbocycles. The van der Waals surface area contributed by atoms with Gasteiger partial charge in [-0.3, -0.25) is 0 Å². The van der Waals surface area contributed by atoms with Crippen LogP contribution < -0.4 is 10.6 Å². The van der Waals surface area contributed by atoms with Gasteiger partial charge in [0, 0.05) is 13.1 Å². The van der Waals surface area contributed by atoms with Gasteiger partial charge in [0.2, 0.25) is 0 Å². The minimum atomic E-state index is -1.83. The minimum Gasteiger partial charge on any atom is -0.450 e. The number of hydrogen-bond donors (Lipinski definition) is 6. The number of aliphatic hydroxyl groups is 2. The van der Waals surface area contributed by atoms with Crippen molar-refractivity contribution in [3.63, 3.8) is 0 Å². The summed E-state index contributed by atoms with van der Waals surface area (Å²) in [4.78, 5) is 8.56. The summed E-state index contributed by atoms with van der Waals surface area (Å²) in [5.41, 5.74) is 0. The first-order valence-electron chi connectivity index (χ1n) is 3.99. The lowest BCUT2D eigenvalue weighted by Crippen LogP contribution is -2.10. The summed E-state index contributed by atoms with van der Waals surface area (Å²) < 4.78 is 0. The van der Waals surface area contributed by atoms with Crippen molar-refractivity contribution in [1.29, 1.82) is 0 Å². The lowest BCUT2D eigenvalue weighted by molar-refractivity contribution is 0.137. The van der Waals surface area contributed by atoms with Crippen LogP contribution in [0.4, 0.5) is 4.79 Å². The highest BCUT2D eigenvalue weighted by Crippen LogP contribution is 1.43. The van der Waals surface area contributed by atoms with Crippen LogP contribution in [0.1, 0.15) is 0 Å². The fourth-order valence-corrected chi connectivity index (χ4v) is 0.224. The van der Waals surface area contributed by atoms with E-state index in [4.69, 9.17) is 25.2 Å². The van der Waals surface area contributed by atoms with Crippen molar-refractivity contribution in [3.8, 4) is 0 Å². The van der Waals surface area contributed by atoms with Crippen LogP contribution in [-0.4, -0.2) is 67.0 Å². The van der Waals surface area contributed by atoms with Crippen molar-refractivity contribution in [2.24, 2.45) is 0 Å². The summed E-state index contributed by atoms with van der Waals surface area (Å²) in [5.74, 6) is 0. The van der Waals surface area contributed by atoms with Gasteiger partial charge < -0.3 is 31.1 Å². The summed E-state index contributed by atoms with van der Waals surface area (Å²) in [5, 5.41) is 35.5. The third kappa shape index (κ3) is 117. The number of aliphatic hydroxyl groups excluding tert-OH is 2. The molecule has 0 aromatic heterocycles. The van der Waals surface area contributed by atoms with Gasteiger partial charge in [0.15, 0.2) is 0 Å². The van der Waals surface area contributed by atoms with Crippen LogP contribution >= 0.6 is 0 Å². The van der Waals surface area contributed by atoms with Gasteiger partial charge in [-0.15, -0.1) is 0 Å². The van der Waals surface area contributed by atoms with E-state index >= 15 is 0 Å². The topological polar surface area (TPSA) is 122 Å². The van der Waals surface area contributed by atoms with Crippen molar-refractivity contribution in [2.45, 2.75) is 0 Å². The Morgan fingerprint density at radius 1 is 1.00 bits per heavy atom. The second kappa shape index (κ2) is 22.7. The first-order valence-corrected chi connectivity index (χ1v) is 3.99. The molecular formula is C7H20N2O5. The normalized spacial score (nSPS) is 7.71. The summed E-state index contributed by atoms with van der Waals surface area (Å²) in [6.45, 7) is 1.85. The van der Waals surface area contributed by atoms with Gasteiger partial charge in [-0.2, -0.15) is 0 Å². The van der Waals surface area contributed by atoms with Gasteiger partial charge in [-0.1, -0.05) is 0 Å². The molecule has 7 heteroatoms. The first kappa shape index (κ1) is 18.8. The Kier molecular flexibility index (Phi) is 30.5. The third-order valence-corrected chi connectivity index (χ3v) is 0.724. The Morgan fingerprint density at radius 2 is 1.21 bits per heavy atom. The molecule has 7 nitrogen and oxygen atoms in total. The molecule has 0 bridgehead atoms. The molecule has 0 unspecified atom stereocenters. The Bertz CT molecular complexity index is 88.1. The minimum absolute atomic E-state index is 0.233. The smallest absolute Gasteiger partial charge is 0.450 e. The zero-order valence-electron chi connectivity index (χ0n) is 8.53. The number of nitrogens with one attached hydrogen (secondary N) is 2. The predicted molar refractivity (Wildman–Crippen MR) is 52.7 cm³/mol. The molecule has 0 saturated heterocycles. The summed E-state index contributed by atoms with van der Waals surface area (Å²) in [6.07, 6.45) is -1.83. The fourth-order valence-electron chi connectivity index (χ4n) is 0.224. The molecule has 0 atom stereocenters. The quantitative estimate of drug-likeness (QED) is 0.339. The highest BCUT2D eigenvalue weighted by molar-refractivity contribution is 5.53. The van der Waals surface area contributed by atoms with Crippen molar-refractivity contribution in [1.82, 2.24) is 10.6 Å². The van der Waals surface area contributed by atoms with Gasteiger partial charge in [0.25, 0.3) is 0 Å². The van der Waals surface area contributed by atoms with Crippen LogP contribution in [0.15, 0.2) is 0 Å². The van der Waals surface area contributed by atoms with Crippen molar-refractivity contribution >= 4 is 6.16 Å². The van der Waals surface area contributed by atoms with Crippen LogP contribution in [0.2, 0.25) is 0 Å². The Morgan fingerprint density at radius 3 is 1.21 bits per heavy atom. The highest BCUT2D eigenvalue weighted by atomic mass is 16.6. The molecule has 88 valence electrons. The number of carbonyl (C=O) groups is 1. The largest absolute Gasteiger partial charge is 0.503 e. The average Bonchev–Trinajstić information content (AvgIpc) is 2.07. The predicted octanol–water partition coefficient (Wildman–Crippen LogP) is -1.38.